The van der Waals surface area contributed by atoms with Gasteiger partial charge in [-0.3, -0.25) is 4.79 Å². The van der Waals surface area contributed by atoms with Gasteiger partial charge in [-0.05, 0) is 42.3 Å². The quantitative estimate of drug-likeness (QED) is 0.600. The predicted octanol–water partition coefficient (Wildman–Crippen LogP) is 4.20. The Labute approximate surface area is 159 Å². The molecule has 1 amide bonds. The third kappa shape index (κ3) is 5.14. The Morgan fingerprint density at radius 1 is 1.00 bits per heavy atom. The van der Waals surface area contributed by atoms with Gasteiger partial charge in [0.1, 0.15) is 5.76 Å². The molecule has 3 rings (SSSR count). The first-order valence-corrected chi connectivity index (χ1v) is 8.77. The van der Waals surface area contributed by atoms with Gasteiger partial charge in [0, 0.05) is 6.54 Å². The van der Waals surface area contributed by atoms with Gasteiger partial charge in [-0.25, -0.2) is 0 Å². The number of methoxy groups -OCH3 is 1. The highest BCUT2D eigenvalue weighted by atomic mass is 16.5. The molecule has 0 unspecified atom stereocenters. The van der Waals surface area contributed by atoms with Crippen molar-refractivity contribution in [2.75, 3.05) is 13.7 Å². The zero-order valence-electron chi connectivity index (χ0n) is 15.6. The molecule has 0 aliphatic rings. The van der Waals surface area contributed by atoms with Crippen LogP contribution in [0.5, 0.6) is 11.5 Å². The molecule has 0 spiro atoms. The third-order valence-corrected chi connectivity index (χ3v) is 4.17. The molecule has 0 saturated heterocycles. The van der Waals surface area contributed by atoms with Crippen molar-refractivity contribution in [3.63, 3.8) is 0 Å². The van der Waals surface area contributed by atoms with E-state index in [1.54, 1.807) is 18.3 Å². The number of hydrogen-bond acceptors (Lipinski definition) is 4. The first-order chi connectivity index (χ1) is 13.2. The monoisotopic (exact) mass is 365 g/mol. The second kappa shape index (κ2) is 8.94. The molecular weight excluding hydrogens is 342 g/mol. The molecule has 0 N–H and O–H groups in total. The van der Waals surface area contributed by atoms with Gasteiger partial charge in [-0.1, -0.05) is 36.4 Å². The Balaban J connectivity index is 1.70. The zero-order chi connectivity index (χ0) is 19.1. The van der Waals surface area contributed by atoms with Crippen LogP contribution < -0.4 is 9.47 Å². The number of aryl methyl sites for hydroxylation is 1. The van der Waals surface area contributed by atoms with Gasteiger partial charge in [0.25, 0.3) is 5.91 Å². The fourth-order valence-corrected chi connectivity index (χ4v) is 2.75. The van der Waals surface area contributed by atoms with E-state index in [-0.39, 0.29) is 12.5 Å². The number of hydrogen-bond donors (Lipinski definition) is 0. The molecule has 5 heteroatoms. The van der Waals surface area contributed by atoms with Crippen LogP contribution in [0.15, 0.2) is 71.3 Å². The molecule has 140 valence electrons. The Bertz CT molecular complexity index is 859. The van der Waals surface area contributed by atoms with Crippen LogP contribution in [0.3, 0.4) is 0 Å². The van der Waals surface area contributed by atoms with Crippen LogP contribution in [0.25, 0.3) is 0 Å². The van der Waals surface area contributed by atoms with E-state index >= 15 is 0 Å². The van der Waals surface area contributed by atoms with Crippen molar-refractivity contribution in [2.24, 2.45) is 0 Å². The third-order valence-electron chi connectivity index (χ3n) is 4.17. The largest absolute Gasteiger partial charge is 0.493 e. The van der Waals surface area contributed by atoms with Crippen LogP contribution in [0.2, 0.25) is 0 Å². The van der Waals surface area contributed by atoms with E-state index in [9.17, 15) is 4.79 Å². The molecule has 0 atom stereocenters. The summed E-state index contributed by atoms with van der Waals surface area (Å²) in [6, 6.07) is 19.1. The normalized spacial score (nSPS) is 10.4. The smallest absolute Gasteiger partial charge is 0.261 e. The Hall–Kier alpha value is -3.21. The van der Waals surface area contributed by atoms with E-state index in [0.29, 0.717) is 24.6 Å². The minimum atomic E-state index is -0.127. The molecule has 0 bridgehead atoms. The average molecular weight is 365 g/mol. The second-order valence-electron chi connectivity index (χ2n) is 6.26. The van der Waals surface area contributed by atoms with Crippen molar-refractivity contribution >= 4 is 5.91 Å². The van der Waals surface area contributed by atoms with E-state index in [1.165, 1.54) is 0 Å². The Morgan fingerprint density at radius 3 is 2.52 bits per heavy atom. The molecule has 0 radical (unpaired) electrons. The van der Waals surface area contributed by atoms with Crippen molar-refractivity contribution < 1.29 is 18.7 Å². The van der Waals surface area contributed by atoms with E-state index in [0.717, 1.165) is 16.9 Å². The Morgan fingerprint density at radius 2 is 1.81 bits per heavy atom. The maximum Gasteiger partial charge on any atom is 0.261 e. The summed E-state index contributed by atoms with van der Waals surface area (Å²) in [5.74, 6) is 1.77. The lowest BCUT2D eigenvalue weighted by Crippen LogP contribution is -2.34. The first kappa shape index (κ1) is 18.6. The number of furan rings is 1. The van der Waals surface area contributed by atoms with Crippen molar-refractivity contribution in [1.29, 1.82) is 0 Å². The van der Waals surface area contributed by atoms with Crippen molar-refractivity contribution in [2.45, 2.75) is 20.0 Å². The van der Waals surface area contributed by atoms with Gasteiger partial charge in [0.15, 0.2) is 18.1 Å². The summed E-state index contributed by atoms with van der Waals surface area (Å²) in [6.45, 7) is 2.76. The molecule has 2 aromatic carbocycles. The van der Waals surface area contributed by atoms with E-state index in [4.69, 9.17) is 13.9 Å². The summed E-state index contributed by atoms with van der Waals surface area (Å²) in [4.78, 5) is 14.5. The van der Waals surface area contributed by atoms with Crippen molar-refractivity contribution in [1.82, 2.24) is 4.90 Å². The number of benzene rings is 2. The minimum absolute atomic E-state index is 0.0764. The zero-order valence-corrected chi connectivity index (χ0v) is 15.6. The summed E-state index contributed by atoms with van der Waals surface area (Å²) in [7, 11) is 1.59. The molecule has 1 aromatic heterocycles. The summed E-state index contributed by atoms with van der Waals surface area (Å²) in [5.41, 5.74) is 2.11. The molecule has 1 heterocycles. The molecule has 0 fully saturated rings. The number of carbonyl (C=O) groups excluding carboxylic acids is 1. The topological polar surface area (TPSA) is 51.9 Å². The average Bonchev–Trinajstić information content (AvgIpc) is 3.20. The number of rotatable bonds is 8. The lowest BCUT2D eigenvalue weighted by Gasteiger charge is -2.22. The first-order valence-electron chi connectivity index (χ1n) is 8.77. The number of nitrogens with zero attached hydrogens (tertiary/aromatic N) is 1. The predicted molar refractivity (Wildman–Crippen MR) is 103 cm³/mol. The van der Waals surface area contributed by atoms with Crippen LogP contribution in [-0.2, 0) is 17.9 Å². The lowest BCUT2D eigenvalue weighted by molar-refractivity contribution is -0.134. The highest BCUT2D eigenvalue weighted by molar-refractivity contribution is 5.77. The van der Waals surface area contributed by atoms with Gasteiger partial charge in [-0.15, -0.1) is 0 Å². The van der Waals surface area contributed by atoms with E-state index in [1.807, 2.05) is 67.6 Å². The molecule has 3 aromatic rings. The number of ether oxygens (including phenoxy) is 2. The molecule has 27 heavy (non-hydrogen) atoms. The number of carbonyl (C=O) groups is 1. The highest BCUT2D eigenvalue weighted by Gasteiger charge is 2.17. The molecule has 0 saturated carbocycles. The maximum atomic E-state index is 12.8. The minimum Gasteiger partial charge on any atom is -0.493 e. The van der Waals surface area contributed by atoms with Crippen LogP contribution in [0.4, 0.5) is 0 Å². The van der Waals surface area contributed by atoms with Crippen LogP contribution in [0, 0.1) is 6.92 Å². The summed E-state index contributed by atoms with van der Waals surface area (Å²) >= 11 is 0. The fourth-order valence-electron chi connectivity index (χ4n) is 2.75. The molecule has 0 aliphatic carbocycles. The summed E-state index contributed by atoms with van der Waals surface area (Å²) < 4.78 is 16.5. The van der Waals surface area contributed by atoms with Gasteiger partial charge in [-0.2, -0.15) is 0 Å². The molecule has 5 nitrogen and oxygen atoms in total. The van der Waals surface area contributed by atoms with Crippen LogP contribution in [-0.4, -0.2) is 24.5 Å². The maximum absolute atomic E-state index is 12.8. The van der Waals surface area contributed by atoms with Gasteiger partial charge in [0.05, 0.1) is 19.9 Å². The van der Waals surface area contributed by atoms with E-state index < -0.39 is 0 Å². The van der Waals surface area contributed by atoms with Gasteiger partial charge < -0.3 is 18.8 Å². The van der Waals surface area contributed by atoms with E-state index in [2.05, 4.69) is 0 Å². The van der Waals surface area contributed by atoms with Gasteiger partial charge >= 0.3 is 0 Å². The summed E-state index contributed by atoms with van der Waals surface area (Å²) in [5, 5.41) is 0. The SMILES string of the molecule is COc1cc(C)ccc1OCC(=O)N(Cc1ccccc1)Cc1ccco1. The highest BCUT2D eigenvalue weighted by Crippen LogP contribution is 2.27. The lowest BCUT2D eigenvalue weighted by atomic mass is 10.2. The molecular formula is C22H23NO4. The summed E-state index contributed by atoms with van der Waals surface area (Å²) in [6.07, 6.45) is 1.61. The molecule has 0 aliphatic heterocycles. The van der Waals surface area contributed by atoms with Crippen LogP contribution in [0.1, 0.15) is 16.9 Å². The fraction of sp³-hybridized carbons (Fsp3) is 0.227. The van der Waals surface area contributed by atoms with Gasteiger partial charge in [0.2, 0.25) is 0 Å². The van der Waals surface area contributed by atoms with Crippen molar-refractivity contribution in [3.05, 3.63) is 83.8 Å². The van der Waals surface area contributed by atoms with Crippen molar-refractivity contribution in [3.8, 4) is 11.5 Å². The Kier molecular flexibility index (Phi) is 6.15. The number of amides is 1. The standard InChI is InChI=1S/C22H23NO4/c1-17-10-11-20(21(13-17)25-2)27-16-22(24)23(15-19-9-6-12-26-19)14-18-7-4-3-5-8-18/h3-13H,14-16H2,1-2H3. The second-order valence-corrected chi connectivity index (χ2v) is 6.26. The van der Waals surface area contributed by atoms with Crippen LogP contribution >= 0.6 is 0 Å².